The van der Waals surface area contributed by atoms with Crippen LogP contribution in [0.25, 0.3) is 22.6 Å². The van der Waals surface area contributed by atoms with Crippen molar-refractivity contribution in [2.75, 3.05) is 55.7 Å². The Labute approximate surface area is 215 Å². The smallest absolute Gasteiger partial charge is 0.159 e. The molecular formula is C25H34BrN7S. The minimum Gasteiger partial charge on any atom is -0.379 e. The van der Waals surface area contributed by atoms with E-state index in [9.17, 15) is 0 Å². The number of piperidine rings is 1. The van der Waals surface area contributed by atoms with Gasteiger partial charge in [0.2, 0.25) is 0 Å². The Kier molecular flexibility index (Phi) is 7.34. The largest absolute Gasteiger partial charge is 0.379 e. The van der Waals surface area contributed by atoms with Gasteiger partial charge >= 0.3 is 0 Å². The van der Waals surface area contributed by atoms with E-state index in [1.807, 2.05) is 18.1 Å². The Bertz CT molecular complexity index is 1100. The summed E-state index contributed by atoms with van der Waals surface area (Å²) >= 11 is 5.54. The molecule has 4 heterocycles. The molecule has 7 nitrogen and oxygen atoms in total. The number of aromatic amines is 1. The van der Waals surface area contributed by atoms with Gasteiger partial charge in [0.05, 0.1) is 10.2 Å². The van der Waals surface area contributed by atoms with Gasteiger partial charge in [-0.1, -0.05) is 11.9 Å². The van der Waals surface area contributed by atoms with Crippen LogP contribution < -0.4 is 10.2 Å². The molecule has 5 rings (SSSR count). The van der Waals surface area contributed by atoms with E-state index in [2.05, 4.69) is 89.7 Å². The van der Waals surface area contributed by atoms with E-state index < -0.39 is 0 Å². The number of aromatic nitrogens is 3. The molecule has 2 fully saturated rings. The summed E-state index contributed by atoms with van der Waals surface area (Å²) in [5, 5.41) is 3.77. The van der Waals surface area contributed by atoms with Gasteiger partial charge < -0.3 is 20.1 Å². The van der Waals surface area contributed by atoms with Gasteiger partial charge in [0.15, 0.2) is 5.65 Å². The molecule has 2 aliphatic rings. The summed E-state index contributed by atoms with van der Waals surface area (Å²) in [6.07, 6.45) is 6.30. The van der Waals surface area contributed by atoms with Gasteiger partial charge in [-0.2, -0.15) is 0 Å². The number of halogens is 1. The number of anilines is 2. The maximum Gasteiger partial charge on any atom is 0.159 e. The second-order valence-corrected chi connectivity index (χ2v) is 11.2. The fraction of sp³-hybridized carbons (Fsp3) is 0.520. The zero-order chi connectivity index (χ0) is 23.7. The van der Waals surface area contributed by atoms with Crippen LogP contribution in [0.2, 0.25) is 0 Å². The third-order valence-corrected chi connectivity index (χ3v) is 8.56. The SMILES string of the molecule is CSN1CCN(c2ccc(-c3nc4c(NC5CCN(C(C)C)CC5)c(Br)cnc4[nH]3)cc2)CC1. The molecule has 0 amide bonds. The Morgan fingerprint density at radius 2 is 1.76 bits per heavy atom. The molecule has 0 spiro atoms. The van der Waals surface area contributed by atoms with Crippen LogP contribution >= 0.6 is 27.9 Å². The minimum atomic E-state index is 0.447. The van der Waals surface area contributed by atoms with Crippen LogP contribution in [-0.2, 0) is 0 Å². The van der Waals surface area contributed by atoms with E-state index >= 15 is 0 Å². The topological polar surface area (TPSA) is 63.3 Å². The molecule has 2 N–H and O–H groups in total. The van der Waals surface area contributed by atoms with Crippen molar-refractivity contribution in [2.24, 2.45) is 0 Å². The van der Waals surface area contributed by atoms with E-state index in [0.29, 0.717) is 12.1 Å². The predicted molar refractivity (Wildman–Crippen MR) is 148 cm³/mol. The minimum absolute atomic E-state index is 0.447. The van der Waals surface area contributed by atoms with E-state index in [1.54, 1.807) is 0 Å². The van der Waals surface area contributed by atoms with Gasteiger partial charge in [0.25, 0.3) is 0 Å². The lowest BCUT2D eigenvalue weighted by Gasteiger charge is -2.35. The van der Waals surface area contributed by atoms with Crippen LogP contribution in [0.3, 0.4) is 0 Å². The van der Waals surface area contributed by atoms with Crippen molar-refractivity contribution in [1.82, 2.24) is 24.2 Å². The second-order valence-electron chi connectivity index (χ2n) is 9.46. The van der Waals surface area contributed by atoms with E-state index in [0.717, 1.165) is 84.8 Å². The summed E-state index contributed by atoms with van der Waals surface area (Å²) in [5.74, 6) is 0.858. The standard InChI is InChI=1S/C25H34BrN7S/c1-17(2)31-10-8-19(9-11-31)28-22-21(26)16-27-25-23(22)29-24(30-25)18-4-6-20(7-5-18)32-12-14-33(34-3)15-13-32/h4-7,16-17,19H,8-15H2,1-3H3,(H2,27,28,29,30). The van der Waals surface area contributed by atoms with Crippen molar-refractivity contribution in [1.29, 1.82) is 0 Å². The molecule has 9 heteroatoms. The third-order valence-electron chi connectivity index (χ3n) is 7.08. The average molecular weight is 545 g/mol. The number of nitrogens with zero attached hydrogens (tertiary/aromatic N) is 5. The van der Waals surface area contributed by atoms with Gasteiger partial charge in [-0.3, -0.25) is 0 Å². The third kappa shape index (κ3) is 5.08. The van der Waals surface area contributed by atoms with Crippen molar-refractivity contribution < 1.29 is 0 Å². The molecule has 2 aliphatic heterocycles. The first-order chi connectivity index (χ1) is 16.5. The Morgan fingerprint density at radius 1 is 1.06 bits per heavy atom. The van der Waals surface area contributed by atoms with Crippen LogP contribution in [-0.4, -0.2) is 81.8 Å². The fourth-order valence-electron chi connectivity index (χ4n) is 4.93. The van der Waals surface area contributed by atoms with Crippen molar-refractivity contribution in [3.8, 4) is 11.4 Å². The molecule has 182 valence electrons. The lowest BCUT2D eigenvalue weighted by Crippen LogP contribution is -2.43. The summed E-state index contributed by atoms with van der Waals surface area (Å²) in [7, 11) is 0. The van der Waals surface area contributed by atoms with Crippen molar-refractivity contribution >= 4 is 50.4 Å². The summed E-state index contributed by atoms with van der Waals surface area (Å²) in [6, 6.07) is 9.81. The first kappa shape index (κ1) is 23.9. The van der Waals surface area contributed by atoms with E-state index in [1.165, 1.54) is 5.69 Å². The van der Waals surface area contributed by atoms with Crippen molar-refractivity contribution in [2.45, 2.75) is 38.8 Å². The second kappa shape index (κ2) is 10.4. The van der Waals surface area contributed by atoms with Gasteiger partial charge in [0, 0.05) is 68.8 Å². The molecule has 0 radical (unpaired) electrons. The molecule has 1 aromatic carbocycles. The molecule has 0 saturated carbocycles. The number of imidazole rings is 1. The highest BCUT2D eigenvalue weighted by Gasteiger charge is 2.23. The number of piperazine rings is 1. The van der Waals surface area contributed by atoms with Crippen molar-refractivity contribution in [3.05, 3.63) is 34.9 Å². The zero-order valence-corrected chi connectivity index (χ0v) is 22.6. The van der Waals surface area contributed by atoms with Crippen LogP contribution in [0.1, 0.15) is 26.7 Å². The monoisotopic (exact) mass is 543 g/mol. The fourth-order valence-corrected chi connectivity index (χ4v) is 5.86. The van der Waals surface area contributed by atoms with Gasteiger partial charge in [-0.05, 0) is 73.1 Å². The summed E-state index contributed by atoms with van der Waals surface area (Å²) in [6.45, 7) is 11.1. The summed E-state index contributed by atoms with van der Waals surface area (Å²) < 4.78 is 3.38. The molecule has 2 saturated heterocycles. The van der Waals surface area contributed by atoms with Crippen LogP contribution in [0.5, 0.6) is 0 Å². The number of benzene rings is 1. The number of H-pyrrole nitrogens is 1. The highest BCUT2D eigenvalue weighted by Crippen LogP contribution is 2.33. The number of hydrogen-bond acceptors (Lipinski definition) is 7. The Morgan fingerprint density at radius 3 is 2.41 bits per heavy atom. The first-order valence-electron chi connectivity index (χ1n) is 12.2. The zero-order valence-electron chi connectivity index (χ0n) is 20.2. The quantitative estimate of drug-likeness (QED) is 0.420. The molecule has 3 aromatic rings. The molecule has 0 bridgehead atoms. The average Bonchev–Trinajstić information content (AvgIpc) is 3.31. The molecule has 0 aliphatic carbocycles. The summed E-state index contributed by atoms with van der Waals surface area (Å²) in [5.41, 5.74) is 5.11. The normalized spacial score (nSPS) is 18.8. The maximum atomic E-state index is 4.97. The van der Waals surface area contributed by atoms with E-state index in [-0.39, 0.29) is 0 Å². The predicted octanol–water partition coefficient (Wildman–Crippen LogP) is 5.07. The number of hydrogen-bond donors (Lipinski definition) is 2. The van der Waals surface area contributed by atoms with Gasteiger partial charge in [0.1, 0.15) is 11.3 Å². The van der Waals surface area contributed by atoms with Gasteiger partial charge in [-0.15, -0.1) is 0 Å². The highest BCUT2D eigenvalue weighted by atomic mass is 79.9. The number of pyridine rings is 1. The maximum absolute atomic E-state index is 4.97. The number of fused-ring (bicyclic) bond motifs is 1. The highest BCUT2D eigenvalue weighted by molar-refractivity contribution is 9.10. The number of nitrogens with one attached hydrogen (secondary N) is 2. The molecular weight excluding hydrogens is 510 g/mol. The number of likely N-dealkylation sites (tertiary alicyclic amines) is 1. The lowest BCUT2D eigenvalue weighted by molar-refractivity contribution is 0.177. The molecule has 2 aromatic heterocycles. The molecule has 0 atom stereocenters. The Hall–Kier alpha value is -1.81. The van der Waals surface area contributed by atoms with E-state index in [4.69, 9.17) is 4.98 Å². The van der Waals surface area contributed by atoms with Crippen LogP contribution in [0, 0.1) is 0 Å². The van der Waals surface area contributed by atoms with Crippen LogP contribution in [0.15, 0.2) is 34.9 Å². The first-order valence-corrected chi connectivity index (χ1v) is 14.2. The Balaban J connectivity index is 1.32. The number of rotatable bonds is 6. The van der Waals surface area contributed by atoms with Crippen LogP contribution in [0.4, 0.5) is 11.4 Å². The lowest BCUT2D eigenvalue weighted by atomic mass is 10.0. The van der Waals surface area contributed by atoms with Gasteiger partial charge in [-0.25, -0.2) is 14.3 Å². The van der Waals surface area contributed by atoms with Crippen molar-refractivity contribution in [3.63, 3.8) is 0 Å². The molecule has 34 heavy (non-hydrogen) atoms. The molecule has 0 unspecified atom stereocenters. The summed E-state index contributed by atoms with van der Waals surface area (Å²) in [4.78, 5) is 18.0.